The van der Waals surface area contributed by atoms with Crippen molar-refractivity contribution in [1.29, 1.82) is 0 Å². The lowest BCUT2D eigenvalue weighted by Crippen LogP contribution is -2.50. The number of aryl methyl sites for hydroxylation is 1. The molecule has 0 aliphatic heterocycles. The summed E-state index contributed by atoms with van der Waals surface area (Å²) >= 11 is 1.77. The number of halogens is 1. The summed E-state index contributed by atoms with van der Waals surface area (Å²) in [6.07, 6.45) is 11.1. The maximum atomic E-state index is 13.5. The molecular weight excluding hydrogens is 608 g/mol. The summed E-state index contributed by atoms with van der Waals surface area (Å²) in [5.41, 5.74) is 6.04. The van der Waals surface area contributed by atoms with E-state index in [4.69, 9.17) is 18.9 Å². The van der Waals surface area contributed by atoms with Gasteiger partial charge in [-0.25, -0.2) is 4.39 Å². The molecule has 4 nitrogen and oxygen atoms in total. The number of hydrogen-bond acceptors (Lipinski definition) is 5. The molecule has 0 spiro atoms. The van der Waals surface area contributed by atoms with E-state index in [1.807, 2.05) is 12.1 Å². The van der Waals surface area contributed by atoms with Crippen molar-refractivity contribution in [2.24, 2.45) is 0 Å². The minimum Gasteiger partial charge on any atom is -0.377 e. The maximum absolute atomic E-state index is 13.5. The fourth-order valence-electron chi connectivity index (χ4n) is 6.04. The van der Waals surface area contributed by atoms with Crippen molar-refractivity contribution < 1.29 is 23.3 Å². The predicted molar refractivity (Wildman–Crippen MR) is 194 cm³/mol. The van der Waals surface area contributed by atoms with Crippen LogP contribution in [-0.4, -0.2) is 51.3 Å². The van der Waals surface area contributed by atoms with Crippen LogP contribution in [0.4, 0.5) is 4.39 Å². The van der Waals surface area contributed by atoms with Gasteiger partial charge in [0, 0.05) is 48.5 Å². The number of benzene rings is 2. The van der Waals surface area contributed by atoms with E-state index in [1.54, 1.807) is 11.3 Å². The summed E-state index contributed by atoms with van der Waals surface area (Å²) in [6.45, 7) is 14.4. The normalized spacial score (nSPS) is 19.7. The van der Waals surface area contributed by atoms with Crippen LogP contribution in [0.1, 0.15) is 107 Å². The third-order valence-electron chi connectivity index (χ3n) is 8.97. The summed E-state index contributed by atoms with van der Waals surface area (Å²) in [7, 11) is 0. The molecule has 4 atom stereocenters. The largest absolute Gasteiger partial charge is 0.377 e. The van der Waals surface area contributed by atoms with Gasteiger partial charge in [-0.3, -0.25) is 0 Å². The quantitative estimate of drug-likeness (QED) is 0.0839. The van der Waals surface area contributed by atoms with Crippen LogP contribution in [-0.2, 0) is 25.4 Å². The fraction of sp³-hybridized carbons (Fsp3) is 0.561. The summed E-state index contributed by atoms with van der Waals surface area (Å²) < 4.78 is 40.0. The number of unbranched alkanes of at least 4 members (excludes halogenated alkanes) is 4. The number of ether oxygens (including phenoxy) is 4. The topological polar surface area (TPSA) is 36.9 Å². The summed E-state index contributed by atoms with van der Waals surface area (Å²) in [5.74, 6) is -0.189. The molecule has 2 aromatic carbocycles. The van der Waals surface area contributed by atoms with Gasteiger partial charge in [-0.2, -0.15) is 0 Å². The standard InChI is InChI=1S/C41H57FO4S/c1-6-10-22-43-29-34-28-37(40(45-24-12-8-3)41(46-25-13-9-4)39(34)44-23-11-7-2)32-15-14-30(5)33(26-32)27-36-20-21-38(47-36)31-16-18-35(42)19-17-31/h14-21,26,28,37,39-41H,6-13,22-25,27,29H2,1-5H3/t37?,39-,40+,41+/m1/s1. The fourth-order valence-corrected chi connectivity index (χ4v) is 7.08. The first-order valence-corrected chi connectivity index (χ1v) is 18.9. The molecule has 0 N–H and O–H groups in total. The Morgan fingerprint density at radius 1 is 0.702 bits per heavy atom. The van der Waals surface area contributed by atoms with E-state index in [9.17, 15) is 4.39 Å². The van der Waals surface area contributed by atoms with E-state index < -0.39 is 0 Å². The van der Waals surface area contributed by atoms with Crippen molar-refractivity contribution in [2.45, 2.75) is 117 Å². The van der Waals surface area contributed by atoms with Gasteiger partial charge in [-0.1, -0.05) is 89.8 Å². The van der Waals surface area contributed by atoms with Crippen LogP contribution in [0.25, 0.3) is 10.4 Å². The summed E-state index contributed by atoms with van der Waals surface area (Å²) in [4.78, 5) is 2.44. The van der Waals surface area contributed by atoms with Crippen molar-refractivity contribution in [1.82, 2.24) is 0 Å². The zero-order chi connectivity index (χ0) is 33.4. The minimum absolute atomic E-state index is 0.0201. The molecular formula is C41H57FO4S. The molecule has 1 heterocycles. The van der Waals surface area contributed by atoms with Gasteiger partial charge in [0.25, 0.3) is 0 Å². The number of thiophene rings is 1. The van der Waals surface area contributed by atoms with E-state index in [1.165, 1.54) is 39.3 Å². The van der Waals surface area contributed by atoms with Crippen LogP contribution in [0, 0.1) is 12.7 Å². The Labute approximate surface area is 287 Å². The Kier molecular flexibility index (Phi) is 16.1. The molecule has 0 radical (unpaired) electrons. The molecule has 1 aliphatic rings. The van der Waals surface area contributed by atoms with Crippen molar-refractivity contribution in [3.63, 3.8) is 0 Å². The second-order valence-electron chi connectivity index (χ2n) is 12.8. The van der Waals surface area contributed by atoms with Crippen molar-refractivity contribution in [3.05, 3.63) is 93.6 Å². The monoisotopic (exact) mass is 664 g/mol. The highest BCUT2D eigenvalue weighted by atomic mass is 32.1. The highest BCUT2D eigenvalue weighted by molar-refractivity contribution is 7.15. The molecule has 1 aliphatic carbocycles. The second-order valence-corrected chi connectivity index (χ2v) is 14.0. The van der Waals surface area contributed by atoms with Crippen LogP contribution in [0.2, 0.25) is 0 Å². The Hall–Kier alpha value is -2.35. The minimum atomic E-state index is -0.213. The second kappa shape index (κ2) is 20.2. The maximum Gasteiger partial charge on any atom is 0.123 e. The molecule has 0 saturated carbocycles. The van der Waals surface area contributed by atoms with Gasteiger partial charge in [0.05, 0.1) is 12.7 Å². The van der Waals surface area contributed by atoms with Gasteiger partial charge in [-0.05, 0) is 84.7 Å². The molecule has 0 saturated heterocycles. The van der Waals surface area contributed by atoms with Crippen LogP contribution in [0.15, 0.2) is 66.2 Å². The molecule has 3 aromatic rings. The van der Waals surface area contributed by atoms with Gasteiger partial charge < -0.3 is 18.9 Å². The molecule has 1 aromatic heterocycles. The molecule has 0 fully saturated rings. The summed E-state index contributed by atoms with van der Waals surface area (Å²) in [5, 5.41) is 0. The van der Waals surface area contributed by atoms with Crippen LogP contribution >= 0.6 is 11.3 Å². The van der Waals surface area contributed by atoms with Gasteiger partial charge >= 0.3 is 0 Å². The van der Waals surface area contributed by atoms with Crippen LogP contribution in [0.5, 0.6) is 0 Å². The highest BCUT2D eigenvalue weighted by Gasteiger charge is 2.43. The van der Waals surface area contributed by atoms with Crippen LogP contribution in [0.3, 0.4) is 0 Å². The lowest BCUT2D eigenvalue weighted by atomic mass is 9.78. The molecule has 0 amide bonds. The Balaban J connectivity index is 1.69. The average molecular weight is 665 g/mol. The van der Waals surface area contributed by atoms with E-state index >= 15 is 0 Å². The third kappa shape index (κ3) is 11.1. The zero-order valence-corrected chi connectivity index (χ0v) is 30.2. The Bertz CT molecular complexity index is 1350. The lowest BCUT2D eigenvalue weighted by Gasteiger charge is -2.42. The van der Waals surface area contributed by atoms with Crippen LogP contribution < -0.4 is 0 Å². The number of rotatable bonds is 21. The van der Waals surface area contributed by atoms with E-state index in [2.05, 4.69) is 71.0 Å². The smallest absolute Gasteiger partial charge is 0.123 e. The van der Waals surface area contributed by atoms with Gasteiger partial charge in [-0.15, -0.1) is 11.3 Å². The molecule has 6 heteroatoms. The predicted octanol–water partition coefficient (Wildman–Crippen LogP) is 10.8. The van der Waals surface area contributed by atoms with Gasteiger partial charge in [0.2, 0.25) is 0 Å². The SMILES string of the molecule is CCCCOCC1=CC(c2ccc(C)c(Cc3ccc(-c4ccc(F)cc4)s3)c2)[C@H](OCCCC)[C@@H](OCCCC)[C@@H]1OCCCC. The van der Waals surface area contributed by atoms with E-state index in [0.29, 0.717) is 26.4 Å². The molecule has 1 unspecified atom stereocenters. The zero-order valence-electron chi connectivity index (χ0n) is 29.4. The van der Waals surface area contributed by atoms with E-state index in [-0.39, 0.29) is 30.0 Å². The first-order chi connectivity index (χ1) is 23.0. The average Bonchev–Trinajstić information content (AvgIpc) is 3.54. The molecule has 4 rings (SSSR count). The Morgan fingerprint density at radius 2 is 1.34 bits per heavy atom. The summed E-state index contributed by atoms with van der Waals surface area (Å²) in [6, 6.07) is 18.0. The van der Waals surface area contributed by atoms with Crippen molar-refractivity contribution >= 4 is 11.3 Å². The molecule has 258 valence electrons. The number of hydrogen-bond donors (Lipinski definition) is 0. The lowest BCUT2D eigenvalue weighted by molar-refractivity contribution is -0.142. The molecule has 47 heavy (non-hydrogen) atoms. The Morgan fingerprint density at radius 3 is 2.02 bits per heavy atom. The highest BCUT2D eigenvalue weighted by Crippen LogP contribution is 2.39. The first-order valence-electron chi connectivity index (χ1n) is 18.1. The van der Waals surface area contributed by atoms with Gasteiger partial charge in [0.15, 0.2) is 0 Å². The van der Waals surface area contributed by atoms with E-state index in [0.717, 1.165) is 74.8 Å². The third-order valence-corrected chi connectivity index (χ3v) is 10.1. The van der Waals surface area contributed by atoms with Crippen molar-refractivity contribution in [3.8, 4) is 10.4 Å². The van der Waals surface area contributed by atoms with Gasteiger partial charge in [0.1, 0.15) is 18.0 Å². The molecule has 0 bridgehead atoms. The van der Waals surface area contributed by atoms with Crippen molar-refractivity contribution in [2.75, 3.05) is 33.0 Å². The first kappa shape index (κ1) is 37.5.